The summed E-state index contributed by atoms with van der Waals surface area (Å²) in [6, 6.07) is 0. The highest BCUT2D eigenvalue weighted by atomic mass is 16.5. The van der Waals surface area contributed by atoms with E-state index in [0.29, 0.717) is 0 Å². The molecule has 0 aromatic rings. The minimum Gasteiger partial charge on any atom is -0.468 e. The Labute approximate surface area is 155 Å². The summed E-state index contributed by atoms with van der Waals surface area (Å²) in [7, 11) is 2.46. The van der Waals surface area contributed by atoms with Gasteiger partial charge < -0.3 is 14.3 Å². The maximum absolute atomic E-state index is 12.2. The first-order chi connectivity index (χ1) is 12.6. The third-order valence-electron chi connectivity index (χ3n) is 4.71. The summed E-state index contributed by atoms with van der Waals surface area (Å²) in [6.45, 7) is 3.56. The summed E-state index contributed by atoms with van der Waals surface area (Å²) in [5, 5.41) is 0. The molecule has 0 aliphatic heterocycles. The fraction of sp³-hybridized carbons (Fsp3) is 0.476. The summed E-state index contributed by atoms with van der Waals surface area (Å²) in [5.41, 5.74) is -1.54. The predicted octanol–water partition coefficient (Wildman–Crippen LogP) is 3.57. The van der Waals surface area contributed by atoms with Crippen LogP contribution in [0.15, 0.2) is 49.1 Å². The summed E-state index contributed by atoms with van der Waals surface area (Å²) in [5.74, 6) is -1.06. The maximum atomic E-state index is 12.2. The quantitative estimate of drug-likeness (QED) is 0.272. The van der Waals surface area contributed by atoms with Gasteiger partial charge in [0.25, 0.3) is 0 Å². The second-order valence-electron chi connectivity index (χ2n) is 6.31. The maximum Gasteiger partial charge on any atom is 0.327 e. The first kappa shape index (κ1) is 21.6. The number of carbonyl (C=O) groups excluding carboxylic acids is 3. The van der Waals surface area contributed by atoms with Gasteiger partial charge in [0.05, 0.1) is 14.2 Å². The Bertz CT molecular complexity index is 569. The third-order valence-corrected chi connectivity index (χ3v) is 4.71. The first-order valence-corrected chi connectivity index (χ1v) is 8.81. The Morgan fingerprint density at radius 1 is 1.04 bits per heavy atom. The van der Waals surface area contributed by atoms with Crippen molar-refractivity contribution < 1.29 is 23.9 Å². The molecule has 1 fully saturated rings. The zero-order chi connectivity index (χ0) is 19.4. The fourth-order valence-electron chi connectivity index (χ4n) is 3.19. The van der Waals surface area contributed by atoms with Gasteiger partial charge in [0.1, 0.15) is 6.29 Å². The van der Waals surface area contributed by atoms with E-state index < -0.39 is 17.4 Å². The van der Waals surface area contributed by atoms with Gasteiger partial charge in [-0.05, 0) is 25.2 Å². The van der Waals surface area contributed by atoms with Crippen molar-refractivity contribution in [3.05, 3.63) is 49.1 Å². The van der Waals surface area contributed by atoms with Gasteiger partial charge in [0.15, 0.2) is 5.41 Å². The Balaban J connectivity index is 2.89. The molecule has 0 unspecified atom stereocenters. The molecule has 2 atom stereocenters. The average Bonchev–Trinajstić information content (AvgIpc) is 2.69. The molecule has 0 radical (unpaired) electrons. The van der Waals surface area contributed by atoms with Crippen LogP contribution in [0, 0.1) is 17.3 Å². The molecule has 0 aromatic carbocycles. The lowest BCUT2D eigenvalue weighted by atomic mass is 9.80. The lowest BCUT2D eigenvalue weighted by Gasteiger charge is -2.24. The molecule has 0 N–H and O–H groups in total. The van der Waals surface area contributed by atoms with Crippen LogP contribution in [0.5, 0.6) is 0 Å². The van der Waals surface area contributed by atoms with Crippen molar-refractivity contribution >= 4 is 18.2 Å². The Kier molecular flexibility index (Phi) is 9.34. The van der Waals surface area contributed by atoms with E-state index >= 15 is 0 Å². The lowest BCUT2D eigenvalue weighted by Crippen LogP contribution is -2.39. The largest absolute Gasteiger partial charge is 0.468 e. The van der Waals surface area contributed by atoms with Crippen molar-refractivity contribution in [2.45, 2.75) is 32.1 Å². The second kappa shape index (κ2) is 11.2. The number of hydrogen-bond donors (Lipinski definition) is 0. The van der Waals surface area contributed by atoms with Crippen LogP contribution in [-0.4, -0.2) is 32.4 Å². The summed E-state index contributed by atoms with van der Waals surface area (Å²) >= 11 is 0. The number of methoxy groups -OCH3 is 2. The third kappa shape index (κ3) is 5.55. The first-order valence-electron chi connectivity index (χ1n) is 8.81. The molecule has 142 valence electrons. The molecule has 26 heavy (non-hydrogen) atoms. The highest BCUT2D eigenvalue weighted by Gasteiger charge is 2.45. The van der Waals surface area contributed by atoms with Crippen molar-refractivity contribution in [1.29, 1.82) is 0 Å². The van der Waals surface area contributed by atoms with Crippen LogP contribution in [0.1, 0.15) is 32.1 Å². The predicted molar refractivity (Wildman–Crippen MR) is 100 cm³/mol. The van der Waals surface area contributed by atoms with Gasteiger partial charge in [-0.3, -0.25) is 9.59 Å². The van der Waals surface area contributed by atoms with Crippen molar-refractivity contribution in [1.82, 2.24) is 0 Å². The number of aldehydes is 1. The van der Waals surface area contributed by atoms with Crippen LogP contribution < -0.4 is 0 Å². The van der Waals surface area contributed by atoms with Crippen LogP contribution in [0.25, 0.3) is 0 Å². The van der Waals surface area contributed by atoms with Gasteiger partial charge in [-0.15, -0.1) is 0 Å². The van der Waals surface area contributed by atoms with Crippen molar-refractivity contribution in [3.63, 3.8) is 0 Å². The molecule has 1 saturated carbocycles. The molecule has 0 amide bonds. The molecule has 0 heterocycles. The molecule has 0 aromatic heterocycles. The summed E-state index contributed by atoms with van der Waals surface area (Å²) in [6.07, 6.45) is 17.1. The van der Waals surface area contributed by atoms with E-state index in [1.54, 1.807) is 12.2 Å². The molecule has 1 aliphatic rings. The lowest BCUT2D eigenvalue weighted by molar-refractivity contribution is -0.164. The molecule has 1 rings (SSSR count). The van der Waals surface area contributed by atoms with Crippen LogP contribution in [0.4, 0.5) is 0 Å². The van der Waals surface area contributed by atoms with Crippen molar-refractivity contribution in [3.8, 4) is 0 Å². The standard InChI is InChI=1S/C21H28O5/c1-4-5-14-21(19(23)25-2,20(24)26-3)15-10-6-7-11-17-12-8-9-13-18(17)16-22/h4-7,10-11,14,16-18H,1,8-9,12-13,15H2,2-3H3/b10-6+,11-7+,14-5+/t17-,18+/m1/s1. The minimum absolute atomic E-state index is 0.0770. The minimum atomic E-state index is -1.54. The van der Waals surface area contributed by atoms with E-state index in [-0.39, 0.29) is 18.3 Å². The number of hydrogen-bond acceptors (Lipinski definition) is 5. The molecule has 0 bridgehead atoms. The monoisotopic (exact) mass is 360 g/mol. The topological polar surface area (TPSA) is 69.7 Å². The van der Waals surface area contributed by atoms with E-state index in [0.717, 1.165) is 32.0 Å². The molecular formula is C21H28O5. The molecule has 5 heteroatoms. The summed E-state index contributed by atoms with van der Waals surface area (Å²) in [4.78, 5) is 35.6. The number of carbonyl (C=O) groups is 3. The van der Waals surface area contributed by atoms with Gasteiger partial charge in [-0.1, -0.05) is 62.0 Å². The molecule has 5 nitrogen and oxygen atoms in total. The SMILES string of the molecule is C=C/C=C/C(C/C=C/C=C/[C@@H]1CCCC[C@H]1C=O)(C(=O)OC)C(=O)OC. The van der Waals surface area contributed by atoms with Crippen molar-refractivity contribution in [2.24, 2.45) is 17.3 Å². The Morgan fingerprint density at radius 3 is 2.19 bits per heavy atom. The second-order valence-corrected chi connectivity index (χ2v) is 6.31. The number of esters is 2. The van der Waals surface area contributed by atoms with E-state index in [1.807, 2.05) is 12.2 Å². The van der Waals surface area contributed by atoms with Crippen LogP contribution in [0.2, 0.25) is 0 Å². The normalized spacial score (nSPS) is 21.2. The Hall–Kier alpha value is -2.43. The van der Waals surface area contributed by atoms with Gasteiger partial charge >= 0.3 is 11.9 Å². The van der Waals surface area contributed by atoms with Crippen molar-refractivity contribution in [2.75, 3.05) is 14.2 Å². The van der Waals surface area contributed by atoms with E-state index in [2.05, 4.69) is 6.58 Å². The molecular weight excluding hydrogens is 332 g/mol. The van der Waals surface area contributed by atoms with Gasteiger partial charge in [0, 0.05) is 5.92 Å². The van der Waals surface area contributed by atoms with Gasteiger partial charge in [-0.2, -0.15) is 0 Å². The number of rotatable bonds is 9. The zero-order valence-corrected chi connectivity index (χ0v) is 15.6. The highest BCUT2D eigenvalue weighted by molar-refractivity contribution is 6.02. The van der Waals surface area contributed by atoms with E-state index in [4.69, 9.17) is 9.47 Å². The smallest absolute Gasteiger partial charge is 0.327 e. The van der Waals surface area contributed by atoms with Gasteiger partial charge in [-0.25, -0.2) is 0 Å². The number of allylic oxidation sites excluding steroid dienone is 6. The summed E-state index contributed by atoms with van der Waals surface area (Å²) < 4.78 is 9.60. The van der Waals surface area contributed by atoms with Crippen LogP contribution in [-0.2, 0) is 23.9 Å². The molecule has 0 spiro atoms. The van der Waals surface area contributed by atoms with Crippen LogP contribution in [0.3, 0.4) is 0 Å². The van der Waals surface area contributed by atoms with E-state index in [9.17, 15) is 14.4 Å². The van der Waals surface area contributed by atoms with Crippen LogP contribution >= 0.6 is 0 Å². The average molecular weight is 360 g/mol. The fourth-order valence-corrected chi connectivity index (χ4v) is 3.19. The van der Waals surface area contributed by atoms with E-state index in [1.165, 1.54) is 32.4 Å². The van der Waals surface area contributed by atoms with Gasteiger partial charge in [0.2, 0.25) is 0 Å². The highest BCUT2D eigenvalue weighted by Crippen LogP contribution is 2.30. The molecule has 0 saturated heterocycles. The molecule has 1 aliphatic carbocycles. The Morgan fingerprint density at radius 2 is 1.65 bits per heavy atom. The zero-order valence-electron chi connectivity index (χ0n) is 15.6. The number of ether oxygens (including phenoxy) is 2.